The third kappa shape index (κ3) is 6.69. The Labute approximate surface area is 257 Å². The summed E-state index contributed by atoms with van der Waals surface area (Å²) in [4.78, 5) is 31.9. The van der Waals surface area contributed by atoms with Gasteiger partial charge in [-0.3, -0.25) is 14.7 Å². The van der Waals surface area contributed by atoms with E-state index in [4.69, 9.17) is 23.9 Å². The highest BCUT2D eigenvalue weighted by Crippen LogP contribution is 2.42. The molecular formula is C35H39FN2O6. The van der Waals surface area contributed by atoms with Crippen molar-refractivity contribution in [3.05, 3.63) is 82.8 Å². The normalized spacial score (nSPS) is 19.3. The first-order chi connectivity index (χ1) is 21.0. The van der Waals surface area contributed by atoms with Crippen molar-refractivity contribution < 1.29 is 32.9 Å². The van der Waals surface area contributed by atoms with Gasteiger partial charge < -0.3 is 18.9 Å². The van der Waals surface area contributed by atoms with Gasteiger partial charge in [-0.2, -0.15) is 0 Å². The quantitative estimate of drug-likeness (QED) is 0.275. The number of rotatable bonds is 6. The highest BCUT2D eigenvalue weighted by Gasteiger charge is 2.36. The summed E-state index contributed by atoms with van der Waals surface area (Å²) in [5, 5.41) is 0. The average Bonchev–Trinajstić information content (AvgIpc) is 3.15. The van der Waals surface area contributed by atoms with Crippen LogP contribution in [0.5, 0.6) is 0 Å². The van der Waals surface area contributed by atoms with Crippen molar-refractivity contribution in [3.8, 4) is 22.4 Å². The number of carbonyl (C=O) groups excluding carboxylic acids is 2. The van der Waals surface area contributed by atoms with E-state index in [0.29, 0.717) is 13.0 Å². The standard InChI is InChI=1S/C35H39FN2O6/c1-21(2)32-28(16-15-25-17-26(18-30(39)41-5)44-35(3,4)43-25)31(22-11-13-24(36)14-12-22)29-20-38(34(40)42-6)19-23-9-7-8-10-27(23)33(29)37-32/h7-16,21,25-26H,17-20H2,1-6H3/b16-15+/t25-,26-/m1/s1. The van der Waals surface area contributed by atoms with Crippen LogP contribution in [0, 0.1) is 5.82 Å². The van der Waals surface area contributed by atoms with Gasteiger partial charge in [0.05, 0.1) is 57.3 Å². The number of hydrogen-bond donors (Lipinski definition) is 0. The average molecular weight is 603 g/mol. The van der Waals surface area contributed by atoms with Crippen molar-refractivity contribution in [1.82, 2.24) is 9.88 Å². The second-order valence-electron chi connectivity index (χ2n) is 11.9. The number of ether oxygens (including phenoxy) is 4. The van der Waals surface area contributed by atoms with Gasteiger partial charge in [0.1, 0.15) is 5.82 Å². The Hall–Kier alpha value is -4.08. The predicted molar refractivity (Wildman–Crippen MR) is 165 cm³/mol. The Balaban J connectivity index is 1.71. The molecule has 1 amide bonds. The van der Waals surface area contributed by atoms with Gasteiger partial charge in [-0.1, -0.05) is 62.4 Å². The summed E-state index contributed by atoms with van der Waals surface area (Å²) in [6.07, 6.45) is 3.37. The molecule has 2 aromatic carbocycles. The minimum absolute atomic E-state index is 0.0328. The number of fused-ring (bicyclic) bond motifs is 3. The molecule has 9 heteroatoms. The molecule has 3 heterocycles. The van der Waals surface area contributed by atoms with Gasteiger partial charge in [0.25, 0.3) is 0 Å². The van der Waals surface area contributed by atoms with Gasteiger partial charge in [-0.25, -0.2) is 9.18 Å². The van der Waals surface area contributed by atoms with Crippen LogP contribution in [0.15, 0.2) is 54.6 Å². The van der Waals surface area contributed by atoms with Crippen LogP contribution in [0.4, 0.5) is 9.18 Å². The number of methoxy groups -OCH3 is 2. The van der Waals surface area contributed by atoms with Crippen LogP contribution >= 0.6 is 0 Å². The van der Waals surface area contributed by atoms with E-state index in [1.165, 1.54) is 26.4 Å². The third-order valence-electron chi connectivity index (χ3n) is 7.94. The lowest BCUT2D eigenvalue weighted by Gasteiger charge is -2.39. The molecule has 8 nitrogen and oxygen atoms in total. The summed E-state index contributed by atoms with van der Waals surface area (Å²) in [7, 11) is 2.73. The first-order valence-corrected chi connectivity index (χ1v) is 14.8. The van der Waals surface area contributed by atoms with Gasteiger partial charge >= 0.3 is 12.1 Å². The van der Waals surface area contributed by atoms with E-state index >= 15 is 0 Å². The smallest absolute Gasteiger partial charge is 0.410 e. The predicted octanol–water partition coefficient (Wildman–Crippen LogP) is 7.25. The highest BCUT2D eigenvalue weighted by atomic mass is 19.1. The molecule has 0 spiro atoms. The summed E-state index contributed by atoms with van der Waals surface area (Å²) in [5.74, 6) is -1.57. The molecule has 0 aliphatic carbocycles. The van der Waals surface area contributed by atoms with E-state index in [1.807, 2.05) is 50.3 Å². The van der Waals surface area contributed by atoms with Crippen molar-refractivity contribution in [1.29, 1.82) is 0 Å². The number of halogens is 1. The van der Waals surface area contributed by atoms with Crippen molar-refractivity contribution >= 4 is 18.1 Å². The van der Waals surface area contributed by atoms with Gasteiger partial charge in [-0.05, 0) is 48.6 Å². The van der Waals surface area contributed by atoms with E-state index in [-0.39, 0.29) is 42.9 Å². The molecule has 0 saturated carbocycles. The third-order valence-corrected chi connectivity index (χ3v) is 7.94. The van der Waals surface area contributed by atoms with E-state index in [2.05, 4.69) is 13.8 Å². The summed E-state index contributed by atoms with van der Waals surface area (Å²) in [6, 6.07) is 14.3. The lowest BCUT2D eigenvalue weighted by molar-refractivity contribution is -0.290. The summed E-state index contributed by atoms with van der Waals surface area (Å²) < 4.78 is 36.5. The Morgan fingerprint density at radius 3 is 2.48 bits per heavy atom. The number of nitrogens with zero attached hydrogens (tertiary/aromatic N) is 2. The molecule has 1 saturated heterocycles. The van der Waals surface area contributed by atoms with E-state index in [1.54, 1.807) is 17.0 Å². The van der Waals surface area contributed by atoms with Crippen LogP contribution < -0.4 is 0 Å². The van der Waals surface area contributed by atoms with E-state index < -0.39 is 11.9 Å². The van der Waals surface area contributed by atoms with E-state index in [9.17, 15) is 14.0 Å². The minimum atomic E-state index is -0.913. The Morgan fingerprint density at radius 1 is 1.07 bits per heavy atom. The molecule has 232 valence electrons. The number of pyridine rings is 1. The number of hydrogen-bond acceptors (Lipinski definition) is 7. The molecule has 0 radical (unpaired) electrons. The zero-order chi connectivity index (χ0) is 31.6. The molecule has 5 rings (SSSR count). The van der Waals surface area contributed by atoms with Gasteiger partial charge in [-0.15, -0.1) is 0 Å². The monoisotopic (exact) mass is 602 g/mol. The molecule has 2 atom stereocenters. The lowest BCUT2D eigenvalue weighted by Crippen LogP contribution is -2.44. The Morgan fingerprint density at radius 2 is 1.80 bits per heavy atom. The summed E-state index contributed by atoms with van der Waals surface area (Å²) >= 11 is 0. The van der Waals surface area contributed by atoms with Gasteiger partial charge in [0.15, 0.2) is 5.79 Å². The van der Waals surface area contributed by atoms with Crippen LogP contribution in [0.25, 0.3) is 28.5 Å². The zero-order valence-corrected chi connectivity index (χ0v) is 26.1. The lowest BCUT2D eigenvalue weighted by atomic mass is 9.87. The minimum Gasteiger partial charge on any atom is -0.469 e. The summed E-state index contributed by atoms with van der Waals surface area (Å²) in [5.41, 5.74) is 6.90. The number of aromatic nitrogens is 1. The molecule has 0 bridgehead atoms. The van der Waals surface area contributed by atoms with Crippen molar-refractivity contribution in [2.75, 3.05) is 14.2 Å². The molecular weight excluding hydrogens is 563 g/mol. The fourth-order valence-corrected chi connectivity index (χ4v) is 6.05. The second-order valence-corrected chi connectivity index (χ2v) is 11.9. The zero-order valence-electron chi connectivity index (χ0n) is 26.1. The number of esters is 1. The molecule has 2 aliphatic rings. The molecule has 3 aromatic rings. The number of amides is 1. The summed E-state index contributed by atoms with van der Waals surface area (Å²) in [6.45, 7) is 8.43. The maximum absolute atomic E-state index is 14.2. The second kappa shape index (κ2) is 12.9. The van der Waals surface area contributed by atoms with E-state index in [0.717, 1.165) is 44.8 Å². The van der Waals surface area contributed by atoms with Crippen molar-refractivity contribution in [2.45, 2.75) is 77.5 Å². The van der Waals surface area contributed by atoms with Crippen LogP contribution in [0.3, 0.4) is 0 Å². The maximum atomic E-state index is 14.2. The topological polar surface area (TPSA) is 87.2 Å². The first kappa shape index (κ1) is 31.3. The van der Waals surface area contributed by atoms with Crippen LogP contribution in [-0.2, 0) is 36.8 Å². The van der Waals surface area contributed by atoms with Crippen LogP contribution in [0.1, 0.15) is 68.8 Å². The molecule has 0 N–H and O–H groups in total. The number of carbonyl (C=O) groups is 2. The van der Waals surface area contributed by atoms with Crippen molar-refractivity contribution in [2.24, 2.45) is 0 Å². The molecule has 1 aromatic heterocycles. The first-order valence-electron chi connectivity index (χ1n) is 14.8. The molecule has 44 heavy (non-hydrogen) atoms. The molecule has 0 unspecified atom stereocenters. The number of benzene rings is 2. The van der Waals surface area contributed by atoms with Crippen LogP contribution in [0.2, 0.25) is 0 Å². The highest BCUT2D eigenvalue weighted by molar-refractivity contribution is 5.86. The van der Waals surface area contributed by atoms with Crippen molar-refractivity contribution in [3.63, 3.8) is 0 Å². The Bertz CT molecular complexity index is 1570. The fraction of sp³-hybridized carbons (Fsp3) is 0.400. The Kier molecular flexibility index (Phi) is 9.18. The maximum Gasteiger partial charge on any atom is 0.410 e. The van der Waals surface area contributed by atoms with Gasteiger partial charge in [0.2, 0.25) is 0 Å². The van der Waals surface area contributed by atoms with Crippen LogP contribution in [-0.4, -0.2) is 54.2 Å². The van der Waals surface area contributed by atoms with Gasteiger partial charge in [0, 0.05) is 23.1 Å². The molecule has 2 aliphatic heterocycles. The molecule has 1 fully saturated rings. The fourth-order valence-electron chi connectivity index (χ4n) is 6.05. The largest absolute Gasteiger partial charge is 0.469 e. The SMILES string of the molecule is COC(=O)C[C@H]1C[C@@H](/C=C/c2c(C(C)C)nc3c(c2-c2ccc(F)cc2)CN(C(=O)OC)Cc2ccccc2-3)OC(C)(C)O1.